The molecule has 1 aromatic heterocycles. The normalized spacial score (nSPS) is 15.1. The lowest BCUT2D eigenvalue weighted by molar-refractivity contribution is -0.140. The first-order valence-electron chi connectivity index (χ1n) is 22.2. The van der Waals surface area contributed by atoms with Gasteiger partial charge in [-0.15, -0.1) is 0 Å². The molecule has 0 aliphatic carbocycles. The maximum Gasteiger partial charge on any atom is 0.408 e. The van der Waals surface area contributed by atoms with Gasteiger partial charge in [-0.05, 0) is 82.4 Å². The van der Waals surface area contributed by atoms with Crippen molar-refractivity contribution >= 4 is 58.5 Å². The SMILES string of the molecule is CC(C)C[C@H](NC(=O)[C@H](CC(=O)O)NC(=O)OC(C)(C)C)C(=O)N[C@@H](CCCN=C(N)N)C(=O)N[C@@H](Cc1c[nH]c2ccccc12)C(=O)N[C@@H](Cc1ccccc1)C(=O)N1CCCCC1. The number of amides is 6. The second-order valence-corrected chi connectivity index (χ2v) is 17.8. The number of alkyl carbamates (subject to hydrolysis) is 1. The number of nitrogens with zero attached hydrogens (tertiary/aromatic N) is 2. The van der Waals surface area contributed by atoms with Crippen LogP contribution in [0.15, 0.2) is 65.8 Å². The lowest BCUT2D eigenvalue weighted by Gasteiger charge is -2.32. The van der Waals surface area contributed by atoms with Crippen molar-refractivity contribution < 1.29 is 43.4 Å². The van der Waals surface area contributed by atoms with Crippen LogP contribution in [-0.4, -0.2) is 118 Å². The summed E-state index contributed by atoms with van der Waals surface area (Å²) in [6.07, 6.45) is 3.08. The number of carbonyl (C=O) groups is 7. The molecule has 2 aromatic carbocycles. The minimum atomic E-state index is -1.61. The van der Waals surface area contributed by atoms with E-state index in [0.717, 1.165) is 35.7 Å². The van der Waals surface area contributed by atoms with Gasteiger partial charge in [0.15, 0.2) is 5.96 Å². The lowest BCUT2D eigenvalue weighted by atomic mass is 10.00. The van der Waals surface area contributed by atoms with E-state index in [0.29, 0.717) is 18.7 Å². The zero-order chi connectivity index (χ0) is 47.7. The van der Waals surface area contributed by atoms with E-state index < -0.39 is 77.9 Å². The van der Waals surface area contributed by atoms with Gasteiger partial charge in [-0.25, -0.2) is 4.79 Å². The fourth-order valence-corrected chi connectivity index (χ4v) is 7.51. The second-order valence-electron chi connectivity index (χ2n) is 17.8. The molecule has 1 saturated heterocycles. The van der Waals surface area contributed by atoms with Crippen LogP contribution >= 0.6 is 0 Å². The van der Waals surface area contributed by atoms with E-state index in [2.05, 4.69) is 36.6 Å². The Kier molecular flexibility index (Phi) is 19.1. The number of aromatic nitrogens is 1. The van der Waals surface area contributed by atoms with E-state index in [1.54, 1.807) is 45.7 Å². The average Bonchev–Trinajstić information content (AvgIpc) is 3.65. The van der Waals surface area contributed by atoms with Crippen molar-refractivity contribution in [2.24, 2.45) is 22.4 Å². The van der Waals surface area contributed by atoms with Gasteiger partial charge in [0.1, 0.15) is 35.8 Å². The van der Waals surface area contributed by atoms with Crippen LogP contribution in [0, 0.1) is 5.92 Å². The Bertz CT molecular complexity index is 2130. The number of carbonyl (C=O) groups excluding carboxylic acids is 6. The van der Waals surface area contributed by atoms with Gasteiger partial charge in [0, 0.05) is 49.6 Å². The molecule has 4 rings (SSSR count). The molecule has 3 aromatic rings. The van der Waals surface area contributed by atoms with Gasteiger partial charge in [0.25, 0.3) is 0 Å². The van der Waals surface area contributed by atoms with Crippen LogP contribution < -0.4 is 38.1 Å². The molecular weight excluding hydrogens is 837 g/mol. The molecule has 0 unspecified atom stereocenters. The number of hydrogen-bond acceptors (Lipinski definition) is 9. The van der Waals surface area contributed by atoms with E-state index in [9.17, 15) is 38.7 Å². The van der Waals surface area contributed by atoms with Gasteiger partial charge in [-0.3, -0.25) is 33.8 Å². The molecule has 1 aliphatic rings. The number of nitrogens with one attached hydrogen (secondary N) is 6. The molecular formula is C46H66N10O9. The van der Waals surface area contributed by atoms with E-state index in [4.69, 9.17) is 16.2 Å². The van der Waals surface area contributed by atoms with Gasteiger partial charge < -0.3 is 57.8 Å². The minimum absolute atomic E-state index is 0.00780. The summed E-state index contributed by atoms with van der Waals surface area (Å²) < 4.78 is 5.23. The molecule has 2 heterocycles. The zero-order valence-electron chi connectivity index (χ0n) is 38.0. The summed E-state index contributed by atoms with van der Waals surface area (Å²) >= 11 is 0. The number of likely N-dealkylation sites (tertiary alicyclic amines) is 1. The third-order valence-corrected chi connectivity index (χ3v) is 10.6. The van der Waals surface area contributed by atoms with Crippen LogP contribution in [0.25, 0.3) is 10.9 Å². The first kappa shape index (κ1) is 51.0. The average molecular weight is 903 g/mol. The number of carboxylic acid groups (broad SMARTS) is 1. The molecule has 65 heavy (non-hydrogen) atoms. The van der Waals surface area contributed by atoms with Gasteiger partial charge in [-0.2, -0.15) is 0 Å². The van der Waals surface area contributed by atoms with Crippen molar-refractivity contribution in [3.63, 3.8) is 0 Å². The van der Waals surface area contributed by atoms with Gasteiger partial charge in [0.05, 0.1) is 6.42 Å². The van der Waals surface area contributed by atoms with Gasteiger partial charge in [0.2, 0.25) is 29.5 Å². The summed E-state index contributed by atoms with van der Waals surface area (Å²) in [5.74, 6) is -5.09. The molecule has 1 fully saturated rings. The fraction of sp³-hybridized carbons (Fsp3) is 0.522. The summed E-state index contributed by atoms with van der Waals surface area (Å²) in [5, 5.41) is 23.8. The summed E-state index contributed by atoms with van der Waals surface area (Å²) in [6.45, 7) is 9.63. The summed E-state index contributed by atoms with van der Waals surface area (Å²) in [4.78, 5) is 104. The van der Waals surface area contributed by atoms with E-state index in [-0.39, 0.29) is 56.4 Å². The molecule has 0 saturated carbocycles. The van der Waals surface area contributed by atoms with Crippen LogP contribution in [0.3, 0.4) is 0 Å². The minimum Gasteiger partial charge on any atom is -0.481 e. The Morgan fingerprint density at radius 1 is 0.754 bits per heavy atom. The predicted molar refractivity (Wildman–Crippen MR) is 245 cm³/mol. The smallest absolute Gasteiger partial charge is 0.408 e. The summed E-state index contributed by atoms with van der Waals surface area (Å²) in [6, 6.07) is 10.4. The lowest BCUT2D eigenvalue weighted by Crippen LogP contribution is -2.60. The van der Waals surface area contributed by atoms with Crippen molar-refractivity contribution in [3.05, 3.63) is 71.9 Å². The zero-order valence-corrected chi connectivity index (χ0v) is 38.0. The Morgan fingerprint density at radius 3 is 1.98 bits per heavy atom. The molecule has 0 radical (unpaired) electrons. The maximum atomic E-state index is 14.6. The van der Waals surface area contributed by atoms with Crippen LogP contribution in [0.5, 0.6) is 0 Å². The summed E-state index contributed by atoms with van der Waals surface area (Å²) in [5.41, 5.74) is 12.5. The number of nitrogens with two attached hydrogens (primary N) is 2. The number of carboxylic acids is 1. The van der Waals surface area contributed by atoms with Crippen LogP contribution in [0.2, 0.25) is 0 Å². The fourth-order valence-electron chi connectivity index (χ4n) is 7.51. The van der Waals surface area contributed by atoms with Gasteiger partial charge >= 0.3 is 12.1 Å². The Balaban J connectivity index is 1.64. The van der Waals surface area contributed by atoms with Crippen molar-refractivity contribution in [2.75, 3.05) is 19.6 Å². The van der Waals surface area contributed by atoms with E-state index >= 15 is 0 Å². The molecule has 0 spiro atoms. The Labute approximate surface area is 379 Å². The molecule has 11 N–H and O–H groups in total. The van der Waals surface area contributed by atoms with Crippen LogP contribution in [-0.2, 0) is 46.3 Å². The highest BCUT2D eigenvalue weighted by Gasteiger charge is 2.35. The van der Waals surface area contributed by atoms with Crippen molar-refractivity contribution in [1.29, 1.82) is 0 Å². The molecule has 19 nitrogen and oxygen atoms in total. The predicted octanol–water partition coefficient (Wildman–Crippen LogP) is 2.37. The number of para-hydroxylation sites is 1. The number of rotatable bonds is 22. The van der Waals surface area contributed by atoms with Gasteiger partial charge in [-0.1, -0.05) is 62.4 Å². The second kappa shape index (κ2) is 24.4. The molecule has 5 atom stereocenters. The highest BCUT2D eigenvalue weighted by atomic mass is 16.6. The standard InChI is InChI=1S/C46H66N10O9/c1-28(2)23-34(52-42(62)36(26-38(57)58)55-45(64)65-46(3,4)5)40(60)51-33(19-14-20-49-44(47)48)39(59)53-35(25-30-27-50-32-18-11-10-17-31(30)32)41(61)54-37(24-29-15-8-6-9-16-29)43(63)56-21-12-7-13-22-56/h6,8-11,15-18,27-28,33-37,50H,7,12-14,19-26H2,1-5H3,(H,51,60)(H,52,62)(H,53,59)(H,54,61)(H,55,64)(H,57,58)(H4,47,48,49)/t33-,34-,35-,36-,37-/m0/s1. The highest BCUT2D eigenvalue weighted by Crippen LogP contribution is 2.20. The maximum absolute atomic E-state index is 14.6. The first-order valence-corrected chi connectivity index (χ1v) is 22.2. The quantitative estimate of drug-likeness (QED) is 0.0401. The Hall–Kier alpha value is -6.66. The van der Waals surface area contributed by atoms with E-state index in [1.165, 1.54) is 0 Å². The first-order chi connectivity index (χ1) is 30.8. The highest BCUT2D eigenvalue weighted by molar-refractivity contribution is 5.97. The third-order valence-electron chi connectivity index (χ3n) is 10.6. The number of aliphatic imine (C=N–C) groups is 1. The number of ether oxygens (including phenoxy) is 1. The number of H-pyrrole nitrogens is 1. The van der Waals surface area contributed by atoms with Crippen molar-refractivity contribution in [3.8, 4) is 0 Å². The van der Waals surface area contributed by atoms with Crippen LogP contribution in [0.1, 0.15) is 90.7 Å². The number of fused-ring (bicyclic) bond motifs is 1. The number of guanidine groups is 1. The number of piperidine rings is 1. The monoisotopic (exact) mass is 903 g/mol. The topological polar surface area (TPSA) is 293 Å². The number of hydrogen-bond donors (Lipinski definition) is 9. The largest absolute Gasteiger partial charge is 0.481 e. The van der Waals surface area contributed by atoms with E-state index in [1.807, 2.05) is 54.6 Å². The molecule has 1 aliphatic heterocycles. The molecule has 354 valence electrons. The molecule has 19 heteroatoms. The molecule has 6 amide bonds. The van der Waals surface area contributed by atoms with Crippen molar-refractivity contribution in [2.45, 2.75) is 128 Å². The molecule has 0 bridgehead atoms. The summed E-state index contributed by atoms with van der Waals surface area (Å²) in [7, 11) is 0. The Morgan fingerprint density at radius 2 is 1.34 bits per heavy atom. The number of aliphatic carboxylic acids is 1. The number of benzene rings is 2. The third kappa shape index (κ3) is 17.1. The number of aromatic amines is 1. The van der Waals surface area contributed by atoms with Crippen LogP contribution in [0.4, 0.5) is 4.79 Å². The van der Waals surface area contributed by atoms with Crippen molar-refractivity contribution in [1.82, 2.24) is 36.5 Å².